The zero-order chi connectivity index (χ0) is 21.4. The van der Waals surface area contributed by atoms with Crippen molar-refractivity contribution in [2.45, 2.75) is 22.8 Å². The van der Waals surface area contributed by atoms with Crippen LogP contribution in [0.3, 0.4) is 0 Å². The summed E-state index contributed by atoms with van der Waals surface area (Å²) in [7, 11) is -2.39. The molecule has 1 aromatic heterocycles. The molecule has 0 unspecified atom stereocenters. The number of aromatic nitrogens is 1. The standard InChI is InChI=1S/C22H22N2O6S/c1-27-16-6-4-5-15(13-16)20-23-21(22(30-20)24-9-2-3-10-24)31(25,26)17-7-8-18-19(14-17)29-12-11-28-18/h4-8,13-14H,2-3,9-12H2,1H3. The number of methoxy groups -OCH3 is 1. The van der Waals surface area contributed by atoms with Gasteiger partial charge >= 0.3 is 0 Å². The van der Waals surface area contributed by atoms with E-state index in [1.807, 2.05) is 17.0 Å². The van der Waals surface area contributed by atoms with E-state index in [0.717, 1.165) is 25.9 Å². The quantitative estimate of drug-likeness (QED) is 0.592. The highest BCUT2D eigenvalue weighted by Crippen LogP contribution is 2.39. The Labute approximate surface area is 180 Å². The van der Waals surface area contributed by atoms with E-state index in [2.05, 4.69) is 4.98 Å². The lowest BCUT2D eigenvalue weighted by atomic mass is 10.2. The highest BCUT2D eigenvalue weighted by atomic mass is 32.2. The number of hydrogen-bond donors (Lipinski definition) is 0. The largest absolute Gasteiger partial charge is 0.497 e. The maximum atomic E-state index is 13.6. The minimum Gasteiger partial charge on any atom is -0.497 e. The molecule has 3 aromatic rings. The molecule has 8 nitrogen and oxygen atoms in total. The van der Waals surface area contributed by atoms with Crippen molar-refractivity contribution < 1.29 is 27.0 Å². The Balaban J connectivity index is 1.62. The first-order valence-electron chi connectivity index (χ1n) is 10.1. The smallest absolute Gasteiger partial charge is 0.236 e. The molecule has 1 saturated heterocycles. The van der Waals surface area contributed by atoms with Crippen molar-refractivity contribution in [1.82, 2.24) is 4.98 Å². The van der Waals surface area contributed by atoms with Crippen molar-refractivity contribution >= 4 is 15.7 Å². The van der Waals surface area contributed by atoms with E-state index < -0.39 is 9.84 Å². The zero-order valence-corrected chi connectivity index (χ0v) is 17.9. The highest BCUT2D eigenvalue weighted by Gasteiger charge is 2.33. The second-order valence-electron chi connectivity index (χ2n) is 7.36. The summed E-state index contributed by atoms with van der Waals surface area (Å²) in [5, 5.41) is -0.0936. The molecular formula is C22H22N2O6S. The van der Waals surface area contributed by atoms with E-state index >= 15 is 0 Å². The Bertz CT molecular complexity index is 1210. The first-order chi connectivity index (χ1) is 15.1. The minimum atomic E-state index is -3.96. The summed E-state index contributed by atoms with van der Waals surface area (Å²) in [4.78, 5) is 6.45. The van der Waals surface area contributed by atoms with Crippen molar-refractivity contribution in [1.29, 1.82) is 0 Å². The van der Waals surface area contributed by atoms with Gasteiger partial charge in [-0.05, 0) is 43.2 Å². The fourth-order valence-electron chi connectivity index (χ4n) is 3.78. The predicted molar refractivity (Wildman–Crippen MR) is 113 cm³/mol. The summed E-state index contributed by atoms with van der Waals surface area (Å²) in [5.41, 5.74) is 0.642. The van der Waals surface area contributed by atoms with Crippen molar-refractivity contribution in [3.8, 4) is 28.7 Å². The Morgan fingerprint density at radius 3 is 2.55 bits per heavy atom. The van der Waals surface area contributed by atoms with Gasteiger partial charge < -0.3 is 23.5 Å². The van der Waals surface area contributed by atoms with Crippen LogP contribution in [0.25, 0.3) is 11.5 Å². The number of benzene rings is 2. The van der Waals surface area contributed by atoms with Gasteiger partial charge in [-0.3, -0.25) is 0 Å². The Kier molecular flexibility index (Phi) is 4.97. The Morgan fingerprint density at radius 2 is 1.77 bits per heavy atom. The van der Waals surface area contributed by atoms with E-state index in [1.54, 1.807) is 25.3 Å². The summed E-state index contributed by atoms with van der Waals surface area (Å²) in [6.45, 7) is 2.25. The second kappa shape index (κ2) is 7.81. The van der Waals surface area contributed by atoms with E-state index in [0.29, 0.717) is 36.0 Å². The van der Waals surface area contributed by atoms with Crippen LogP contribution in [0.4, 0.5) is 5.88 Å². The summed E-state index contributed by atoms with van der Waals surface area (Å²) in [5.74, 6) is 2.07. The molecule has 2 aliphatic rings. The predicted octanol–water partition coefficient (Wildman–Crippen LogP) is 3.55. The van der Waals surface area contributed by atoms with Crippen LogP contribution in [0.1, 0.15) is 12.8 Å². The van der Waals surface area contributed by atoms with Crippen LogP contribution < -0.4 is 19.1 Å². The van der Waals surface area contributed by atoms with Gasteiger partial charge in [0.1, 0.15) is 19.0 Å². The summed E-state index contributed by atoms with van der Waals surface area (Å²) in [6, 6.07) is 11.8. The third-order valence-electron chi connectivity index (χ3n) is 5.37. The number of ether oxygens (including phenoxy) is 3. The third-order valence-corrected chi connectivity index (χ3v) is 7.02. The first-order valence-corrected chi connectivity index (χ1v) is 11.6. The number of sulfone groups is 1. The van der Waals surface area contributed by atoms with Crippen LogP contribution in [0, 0.1) is 0 Å². The van der Waals surface area contributed by atoms with Crippen LogP contribution in [-0.4, -0.2) is 46.8 Å². The molecule has 0 bridgehead atoms. The lowest BCUT2D eigenvalue weighted by Crippen LogP contribution is -2.20. The summed E-state index contributed by atoms with van der Waals surface area (Å²) in [6.07, 6.45) is 1.94. The minimum absolute atomic E-state index is 0.0858. The van der Waals surface area contributed by atoms with E-state index in [9.17, 15) is 8.42 Å². The topological polar surface area (TPSA) is 91.1 Å². The van der Waals surface area contributed by atoms with Gasteiger partial charge in [0.2, 0.25) is 26.6 Å². The van der Waals surface area contributed by atoms with E-state index in [4.69, 9.17) is 18.6 Å². The molecule has 0 radical (unpaired) electrons. The number of hydrogen-bond acceptors (Lipinski definition) is 8. The number of anilines is 1. The first kappa shape index (κ1) is 19.7. The third kappa shape index (κ3) is 3.59. The molecule has 2 aliphatic heterocycles. The van der Waals surface area contributed by atoms with Gasteiger partial charge in [-0.25, -0.2) is 8.42 Å². The molecule has 0 N–H and O–H groups in total. The molecule has 0 aliphatic carbocycles. The van der Waals surface area contributed by atoms with Crippen LogP contribution in [0.15, 0.2) is 56.8 Å². The lowest BCUT2D eigenvalue weighted by molar-refractivity contribution is 0.171. The number of fused-ring (bicyclic) bond motifs is 1. The molecule has 3 heterocycles. The maximum Gasteiger partial charge on any atom is 0.236 e. The van der Waals surface area contributed by atoms with Gasteiger partial charge in [0.15, 0.2) is 11.5 Å². The molecule has 162 valence electrons. The molecule has 5 rings (SSSR count). The van der Waals surface area contributed by atoms with E-state index in [1.165, 1.54) is 12.1 Å². The SMILES string of the molecule is COc1cccc(-c2nc(S(=O)(=O)c3ccc4c(c3)OCCO4)c(N3CCCC3)o2)c1. The molecule has 0 amide bonds. The summed E-state index contributed by atoms with van der Waals surface area (Å²) < 4.78 is 49.6. The second-order valence-corrected chi connectivity index (χ2v) is 9.23. The fourth-order valence-corrected chi connectivity index (χ4v) is 5.11. The Morgan fingerprint density at radius 1 is 1.00 bits per heavy atom. The van der Waals surface area contributed by atoms with Crippen LogP contribution in [0.5, 0.6) is 17.2 Å². The Hall–Kier alpha value is -3.20. The van der Waals surface area contributed by atoms with Crippen molar-refractivity contribution in [3.05, 3.63) is 42.5 Å². The summed E-state index contributed by atoms with van der Waals surface area (Å²) >= 11 is 0. The van der Waals surface area contributed by atoms with Crippen LogP contribution >= 0.6 is 0 Å². The normalized spacial score (nSPS) is 15.8. The highest BCUT2D eigenvalue weighted by molar-refractivity contribution is 7.91. The molecule has 0 spiro atoms. The van der Waals surface area contributed by atoms with Gasteiger partial charge in [0, 0.05) is 24.7 Å². The van der Waals surface area contributed by atoms with Crippen LogP contribution in [-0.2, 0) is 9.84 Å². The van der Waals surface area contributed by atoms with Gasteiger partial charge in [-0.2, -0.15) is 4.98 Å². The maximum absolute atomic E-state index is 13.6. The van der Waals surface area contributed by atoms with Gasteiger partial charge in [-0.1, -0.05) is 6.07 Å². The fraction of sp³-hybridized carbons (Fsp3) is 0.318. The monoisotopic (exact) mass is 442 g/mol. The average molecular weight is 442 g/mol. The molecular weight excluding hydrogens is 420 g/mol. The van der Waals surface area contributed by atoms with Crippen molar-refractivity contribution in [2.75, 3.05) is 38.3 Å². The van der Waals surface area contributed by atoms with Gasteiger partial charge in [0.25, 0.3) is 0 Å². The molecule has 9 heteroatoms. The molecule has 0 atom stereocenters. The zero-order valence-electron chi connectivity index (χ0n) is 17.0. The molecule has 31 heavy (non-hydrogen) atoms. The number of nitrogens with zero attached hydrogens (tertiary/aromatic N) is 2. The lowest BCUT2D eigenvalue weighted by Gasteiger charge is -2.19. The van der Waals surface area contributed by atoms with Crippen molar-refractivity contribution in [2.24, 2.45) is 0 Å². The molecule has 2 aromatic carbocycles. The van der Waals surface area contributed by atoms with E-state index in [-0.39, 0.29) is 21.7 Å². The van der Waals surface area contributed by atoms with Crippen LogP contribution in [0.2, 0.25) is 0 Å². The van der Waals surface area contributed by atoms with Crippen molar-refractivity contribution in [3.63, 3.8) is 0 Å². The number of oxazole rings is 1. The van der Waals surface area contributed by atoms with Gasteiger partial charge in [0.05, 0.1) is 12.0 Å². The number of rotatable bonds is 5. The van der Waals surface area contributed by atoms with Gasteiger partial charge in [-0.15, -0.1) is 0 Å². The molecule has 1 fully saturated rings. The molecule has 0 saturated carbocycles. The average Bonchev–Trinajstić information content (AvgIpc) is 3.49.